The van der Waals surface area contributed by atoms with E-state index in [2.05, 4.69) is 15.2 Å². The number of hydrogen-bond acceptors (Lipinski definition) is 2. The lowest BCUT2D eigenvalue weighted by Crippen LogP contribution is -2.44. The van der Waals surface area contributed by atoms with Crippen LogP contribution in [0.5, 0.6) is 0 Å². The highest BCUT2D eigenvalue weighted by Crippen LogP contribution is 2.47. The van der Waals surface area contributed by atoms with Gasteiger partial charge in [0, 0.05) is 33.3 Å². The van der Waals surface area contributed by atoms with Gasteiger partial charge in [-0.25, -0.2) is 0 Å². The van der Waals surface area contributed by atoms with Crippen LogP contribution >= 0.6 is 24.0 Å². The smallest absolute Gasteiger partial charge is 0.193 e. The molecule has 0 aromatic heterocycles. The molecular weight excluding hydrogens is 353 g/mol. The molecule has 3 fully saturated rings. The number of rotatable bonds is 2. The van der Waals surface area contributed by atoms with Gasteiger partial charge in [0.15, 0.2) is 5.96 Å². The van der Waals surface area contributed by atoms with E-state index < -0.39 is 0 Å². The molecule has 0 bridgehead atoms. The number of guanidine groups is 1. The molecule has 3 aliphatic rings. The van der Waals surface area contributed by atoms with Crippen molar-refractivity contribution in [1.82, 2.24) is 10.2 Å². The number of ether oxygens (including phenoxy) is 1. The maximum absolute atomic E-state index is 5.65. The fraction of sp³-hybridized carbons (Fsp3) is 0.929. The number of likely N-dealkylation sites (tertiary alicyclic amines) is 1. The van der Waals surface area contributed by atoms with Gasteiger partial charge in [0.1, 0.15) is 0 Å². The molecule has 0 radical (unpaired) electrons. The van der Waals surface area contributed by atoms with Gasteiger partial charge in [-0.3, -0.25) is 4.99 Å². The first-order valence-electron chi connectivity index (χ1n) is 7.39. The van der Waals surface area contributed by atoms with Crippen molar-refractivity contribution in [3.05, 3.63) is 0 Å². The first-order valence-corrected chi connectivity index (χ1v) is 7.39. The lowest BCUT2D eigenvalue weighted by Gasteiger charge is -2.38. The first kappa shape index (κ1) is 15.4. The van der Waals surface area contributed by atoms with Crippen LogP contribution in [0, 0.1) is 5.41 Å². The molecule has 1 N–H and O–H groups in total. The molecule has 1 unspecified atom stereocenters. The summed E-state index contributed by atoms with van der Waals surface area (Å²) in [5.41, 5.74) is 0.640. The predicted octanol–water partition coefficient (Wildman–Crippen LogP) is 2.23. The second-order valence-electron chi connectivity index (χ2n) is 6.09. The standard InChI is InChI=1S/C14H25N3O.HI/c1-15-13(16-10-12-4-2-9-18-12)17-8-7-14(11-17)5-3-6-14;/h12H,2-11H2,1H3,(H,15,16);1H. The van der Waals surface area contributed by atoms with E-state index in [9.17, 15) is 0 Å². The summed E-state index contributed by atoms with van der Waals surface area (Å²) in [7, 11) is 1.89. The normalized spacial score (nSPS) is 29.2. The van der Waals surface area contributed by atoms with E-state index in [-0.39, 0.29) is 24.0 Å². The van der Waals surface area contributed by atoms with Gasteiger partial charge in [-0.1, -0.05) is 6.42 Å². The van der Waals surface area contributed by atoms with E-state index in [1.165, 1.54) is 51.6 Å². The fourth-order valence-electron chi connectivity index (χ4n) is 3.54. The zero-order valence-electron chi connectivity index (χ0n) is 11.9. The van der Waals surface area contributed by atoms with Gasteiger partial charge < -0.3 is 15.0 Å². The third-order valence-electron chi connectivity index (χ3n) is 4.88. The molecule has 2 heterocycles. The maximum atomic E-state index is 5.65. The highest BCUT2D eigenvalue weighted by Gasteiger charge is 2.43. The molecule has 1 atom stereocenters. The number of nitrogens with zero attached hydrogens (tertiary/aromatic N) is 2. The molecule has 2 aliphatic heterocycles. The highest BCUT2D eigenvalue weighted by atomic mass is 127. The lowest BCUT2D eigenvalue weighted by atomic mass is 9.68. The van der Waals surface area contributed by atoms with Crippen LogP contribution in [0.4, 0.5) is 0 Å². The quantitative estimate of drug-likeness (QED) is 0.454. The molecular formula is C14H26IN3O. The predicted molar refractivity (Wildman–Crippen MR) is 88.2 cm³/mol. The van der Waals surface area contributed by atoms with Crippen molar-refractivity contribution in [3.63, 3.8) is 0 Å². The molecule has 0 aromatic rings. The summed E-state index contributed by atoms with van der Waals surface area (Å²) in [5.74, 6) is 1.08. The van der Waals surface area contributed by atoms with Gasteiger partial charge in [0.05, 0.1) is 6.10 Å². The molecule has 4 nitrogen and oxygen atoms in total. The molecule has 19 heavy (non-hydrogen) atoms. The average molecular weight is 379 g/mol. The topological polar surface area (TPSA) is 36.9 Å². The van der Waals surface area contributed by atoms with Crippen molar-refractivity contribution in [2.24, 2.45) is 10.4 Å². The van der Waals surface area contributed by atoms with E-state index in [4.69, 9.17) is 4.74 Å². The van der Waals surface area contributed by atoms with Crippen LogP contribution in [0.3, 0.4) is 0 Å². The number of halogens is 1. The maximum Gasteiger partial charge on any atom is 0.193 e. The minimum absolute atomic E-state index is 0. The summed E-state index contributed by atoms with van der Waals surface area (Å²) >= 11 is 0. The van der Waals surface area contributed by atoms with Crippen LogP contribution in [-0.4, -0.2) is 50.3 Å². The Morgan fingerprint density at radius 2 is 2.21 bits per heavy atom. The van der Waals surface area contributed by atoms with E-state index in [0.29, 0.717) is 11.5 Å². The molecule has 1 spiro atoms. The van der Waals surface area contributed by atoms with E-state index >= 15 is 0 Å². The monoisotopic (exact) mass is 379 g/mol. The van der Waals surface area contributed by atoms with Crippen LogP contribution in [0.2, 0.25) is 0 Å². The molecule has 0 amide bonds. The second-order valence-corrected chi connectivity index (χ2v) is 6.09. The Morgan fingerprint density at radius 1 is 1.37 bits per heavy atom. The molecule has 2 saturated heterocycles. The number of aliphatic imine (C=N–C) groups is 1. The Morgan fingerprint density at radius 3 is 2.74 bits per heavy atom. The molecule has 0 aromatic carbocycles. The van der Waals surface area contributed by atoms with Crippen LogP contribution < -0.4 is 5.32 Å². The van der Waals surface area contributed by atoms with Crippen molar-refractivity contribution in [2.75, 3.05) is 33.3 Å². The summed E-state index contributed by atoms with van der Waals surface area (Å²) in [6, 6.07) is 0. The first-order chi connectivity index (χ1) is 8.81. The molecule has 5 heteroatoms. The Hall–Kier alpha value is -0.0400. The van der Waals surface area contributed by atoms with E-state index in [0.717, 1.165) is 19.1 Å². The summed E-state index contributed by atoms with van der Waals surface area (Å²) in [4.78, 5) is 6.87. The van der Waals surface area contributed by atoms with E-state index in [1.54, 1.807) is 0 Å². The third kappa shape index (κ3) is 3.35. The van der Waals surface area contributed by atoms with Crippen molar-refractivity contribution < 1.29 is 4.74 Å². The van der Waals surface area contributed by atoms with Gasteiger partial charge in [-0.15, -0.1) is 24.0 Å². The van der Waals surface area contributed by atoms with Crippen LogP contribution in [-0.2, 0) is 4.74 Å². The fourth-order valence-corrected chi connectivity index (χ4v) is 3.54. The second kappa shape index (κ2) is 6.61. The minimum Gasteiger partial charge on any atom is -0.376 e. The lowest BCUT2D eigenvalue weighted by molar-refractivity contribution is 0.113. The van der Waals surface area contributed by atoms with Crippen molar-refractivity contribution in [2.45, 2.75) is 44.6 Å². The van der Waals surface area contributed by atoms with Crippen molar-refractivity contribution in [3.8, 4) is 0 Å². The molecule has 110 valence electrons. The van der Waals surface area contributed by atoms with Crippen molar-refractivity contribution >= 4 is 29.9 Å². The SMILES string of the molecule is CN=C(NCC1CCCO1)N1CCC2(CCC2)C1.I. The van der Waals surface area contributed by atoms with Gasteiger partial charge in [-0.05, 0) is 37.5 Å². The van der Waals surface area contributed by atoms with Crippen molar-refractivity contribution in [1.29, 1.82) is 0 Å². The zero-order chi connectivity index (χ0) is 12.4. The summed E-state index contributed by atoms with van der Waals surface area (Å²) in [6.45, 7) is 4.22. The van der Waals surface area contributed by atoms with Gasteiger partial charge in [0.2, 0.25) is 0 Å². The Kier molecular flexibility index (Phi) is 5.34. The van der Waals surface area contributed by atoms with Gasteiger partial charge in [0.25, 0.3) is 0 Å². The van der Waals surface area contributed by atoms with Gasteiger partial charge >= 0.3 is 0 Å². The van der Waals surface area contributed by atoms with Crippen LogP contribution in [0.1, 0.15) is 38.5 Å². The Labute approximate surface area is 133 Å². The van der Waals surface area contributed by atoms with Gasteiger partial charge in [-0.2, -0.15) is 0 Å². The zero-order valence-corrected chi connectivity index (χ0v) is 14.2. The summed E-state index contributed by atoms with van der Waals surface area (Å²) in [5, 5.41) is 3.49. The average Bonchev–Trinajstić information content (AvgIpc) is 2.97. The van der Waals surface area contributed by atoms with Crippen LogP contribution in [0.15, 0.2) is 4.99 Å². The summed E-state index contributed by atoms with van der Waals surface area (Å²) < 4.78 is 5.65. The summed E-state index contributed by atoms with van der Waals surface area (Å²) in [6.07, 6.45) is 8.41. The third-order valence-corrected chi connectivity index (χ3v) is 4.88. The highest BCUT2D eigenvalue weighted by molar-refractivity contribution is 14.0. The number of nitrogens with one attached hydrogen (secondary N) is 1. The molecule has 1 aliphatic carbocycles. The molecule has 1 saturated carbocycles. The Bertz CT molecular complexity index is 325. The van der Waals surface area contributed by atoms with E-state index in [1.807, 2.05) is 7.05 Å². The molecule has 3 rings (SSSR count). The number of hydrogen-bond donors (Lipinski definition) is 1. The van der Waals surface area contributed by atoms with Crippen LogP contribution in [0.25, 0.3) is 0 Å². The Balaban J connectivity index is 0.00000133. The minimum atomic E-state index is 0. The largest absolute Gasteiger partial charge is 0.376 e.